The number of hydrogen-bond donors (Lipinski definition) is 0. The van der Waals surface area contributed by atoms with E-state index in [0.29, 0.717) is 10.0 Å². The summed E-state index contributed by atoms with van der Waals surface area (Å²) in [5, 5.41) is 1.21. The Morgan fingerprint density at radius 3 is 2.53 bits per heavy atom. The Hall–Kier alpha value is -1.05. The molecule has 2 aromatic rings. The highest BCUT2D eigenvalue weighted by Gasteiger charge is 2.10. The van der Waals surface area contributed by atoms with Gasteiger partial charge in [-0.2, -0.15) is 4.57 Å². The van der Waals surface area contributed by atoms with Crippen LogP contribution in [0.4, 0.5) is 0 Å². The number of benzene rings is 1. The molecule has 1 aromatic carbocycles. The molecule has 0 unspecified atom stereocenters. The summed E-state index contributed by atoms with van der Waals surface area (Å²) in [6, 6.07) is 9.92. The van der Waals surface area contributed by atoms with Crippen molar-refractivity contribution in [1.29, 1.82) is 0 Å². The Bertz CT molecular complexity index is 550. The van der Waals surface area contributed by atoms with E-state index in [4.69, 9.17) is 23.2 Å². The summed E-state index contributed by atoms with van der Waals surface area (Å²) in [4.78, 5) is 0. The maximum atomic E-state index is 6.01. The van der Waals surface area contributed by atoms with Crippen molar-refractivity contribution in [3.63, 3.8) is 0 Å². The number of aromatic nitrogens is 1. The molecule has 0 aliphatic heterocycles. The van der Waals surface area contributed by atoms with Gasteiger partial charge in [-0.15, -0.1) is 0 Å². The summed E-state index contributed by atoms with van der Waals surface area (Å²) >= 11 is 11.9. The summed E-state index contributed by atoms with van der Waals surface area (Å²) in [7, 11) is 0. The molecule has 1 nitrogen and oxygen atoms in total. The van der Waals surface area contributed by atoms with Crippen molar-refractivity contribution in [1.82, 2.24) is 0 Å². The molecular formula is C14H14Cl2N+. The summed E-state index contributed by atoms with van der Waals surface area (Å²) in [6.07, 6.45) is 2.07. The molecule has 0 fully saturated rings. The van der Waals surface area contributed by atoms with Gasteiger partial charge in [-0.25, -0.2) is 0 Å². The highest BCUT2D eigenvalue weighted by molar-refractivity contribution is 6.42. The molecule has 17 heavy (non-hydrogen) atoms. The molecule has 0 saturated heterocycles. The maximum Gasteiger partial charge on any atom is 0.181 e. The van der Waals surface area contributed by atoms with Gasteiger partial charge < -0.3 is 0 Å². The first-order valence-corrected chi connectivity index (χ1v) is 6.23. The van der Waals surface area contributed by atoms with Crippen LogP contribution in [0, 0.1) is 13.8 Å². The molecule has 0 saturated carbocycles. The van der Waals surface area contributed by atoms with Crippen LogP contribution in [0.5, 0.6) is 0 Å². The van der Waals surface area contributed by atoms with Gasteiger partial charge >= 0.3 is 0 Å². The normalized spacial score (nSPS) is 10.6. The molecule has 0 amide bonds. The van der Waals surface area contributed by atoms with Crippen LogP contribution in [-0.4, -0.2) is 0 Å². The van der Waals surface area contributed by atoms with Crippen molar-refractivity contribution in [2.45, 2.75) is 20.4 Å². The van der Waals surface area contributed by atoms with Gasteiger partial charge in [0.05, 0.1) is 10.0 Å². The largest absolute Gasteiger partial charge is 0.198 e. The maximum absolute atomic E-state index is 6.01. The van der Waals surface area contributed by atoms with Crippen molar-refractivity contribution in [3.05, 3.63) is 63.4 Å². The monoisotopic (exact) mass is 266 g/mol. The average molecular weight is 267 g/mol. The van der Waals surface area contributed by atoms with E-state index in [0.717, 1.165) is 12.1 Å². The summed E-state index contributed by atoms with van der Waals surface area (Å²) in [5.41, 5.74) is 3.70. The highest BCUT2D eigenvalue weighted by atomic mass is 35.5. The number of hydrogen-bond acceptors (Lipinski definition) is 0. The number of nitrogens with zero attached hydrogens (tertiary/aromatic N) is 1. The third-order valence-corrected chi connectivity index (χ3v) is 3.69. The second-order valence-electron chi connectivity index (χ2n) is 4.15. The number of aryl methyl sites for hydroxylation is 1. The van der Waals surface area contributed by atoms with Gasteiger partial charge in [-0.05, 0) is 25.1 Å². The first-order valence-electron chi connectivity index (χ1n) is 5.47. The summed E-state index contributed by atoms with van der Waals surface area (Å²) in [6.45, 7) is 5.04. The Morgan fingerprint density at radius 2 is 1.82 bits per heavy atom. The minimum atomic E-state index is 0.599. The quantitative estimate of drug-likeness (QED) is 0.725. The minimum absolute atomic E-state index is 0.599. The first kappa shape index (κ1) is 12.4. The Morgan fingerprint density at radius 1 is 1.06 bits per heavy atom. The molecule has 0 N–H and O–H groups in total. The predicted octanol–water partition coefficient (Wildman–Crippen LogP) is 3.95. The second-order valence-corrected chi connectivity index (χ2v) is 4.97. The predicted molar refractivity (Wildman–Crippen MR) is 71.7 cm³/mol. The Labute approximate surface area is 112 Å². The van der Waals surface area contributed by atoms with E-state index in [2.05, 4.69) is 36.7 Å². The Kier molecular flexibility index (Phi) is 3.70. The van der Waals surface area contributed by atoms with Crippen LogP contribution < -0.4 is 4.57 Å². The fraction of sp³-hybridized carbons (Fsp3) is 0.214. The van der Waals surface area contributed by atoms with Gasteiger partial charge in [0, 0.05) is 24.1 Å². The molecule has 3 heteroatoms. The Balaban J connectivity index is 2.31. The van der Waals surface area contributed by atoms with Gasteiger partial charge in [0.1, 0.15) is 0 Å². The van der Waals surface area contributed by atoms with Crippen LogP contribution >= 0.6 is 23.2 Å². The van der Waals surface area contributed by atoms with Crippen molar-refractivity contribution >= 4 is 23.2 Å². The lowest BCUT2D eigenvalue weighted by molar-refractivity contribution is -0.694. The van der Waals surface area contributed by atoms with E-state index < -0.39 is 0 Å². The van der Waals surface area contributed by atoms with Gasteiger partial charge in [0.2, 0.25) is 0 Å². The van der Waals surface area contributed by atoms with Gasteiger partial charge in [-0.3, -0.25) is 0 Å². The smallest absolute Gasteiger partial charge is 0.181 e. The zero-order valence-electron chi connectivity index (χ0n) is 9.87. The van der Waals surface area contributed by atoms with Crippen LogP contribution in [0.2, 0.25) is 10.0 Å². The van der Waals surface area contributed by atoms with Crippen LogP contribution in [-0.2, 0) is 6.54 Å². The molecule has 0 spiro atoms. The van der Waals surface area contributed by atoms with Crippen LogP contribution in [0.25, 0.3) is 0 Å². The van der Waals surface area contributed by atoms with E-state index in [-0.39, 0.29) is 0 Å². The summed E-state index contributed by atoms with van der Waals surface area (Å²) in [5.74, 6) is 0. The van der Waals surface area contributed by atoms with Crippen molar-refractivity contribution in [2.24, 2.45) is 0 Å². The fourth-order valence-corrected chi connectivity index (χ4v) is 2.08. The van der Waals surface area contributed by atoms with Crippen molar-refractivity contribution in [2.75, 3.05) is 0 Å². The topological polar surface area (TPSA) is 3.88 Å². The molecule has 0 bridgehead atoms. The number of halogens is 2. The van der Waals surface area contributed by atoms with Gasteiger partial charge in [0.15, 0.2) is 18.4 Å². The zero-order valence-corrected chi connectivity index (χ0v) is 11.4. The van der Waals surface area contributed by atoms with Crippen LogP contribution in [0.15, 0.2) is 36.5 Å². The number of pyridine rings is 1. The lowest BCUT2D eigenvalue weighted by Crippen LogP contribution is -2.37. The van der Waals surface area contributed by atoms with Crippen molar-refractivity contribution in [3.8, 4) is 0 Å². The van der Waals surface area contributed by atoms with E-state index in [1.165, 1.54) is 11.3 Å². The van der Waals surface area contributed by atoms with E-state index in [9.17, 15) is 0 Å². The minimum Gasteiger partial charge on any atom is -0.198 e. The van der Waals surface area contributed by atoms with Gasteiger partial charge in [-0.1, -0.05) is 29.3 Å². The van der Waals surface area contributed by atoms with Gasteiger partial charge in [0.25, 0.3) is 0 Å². The SMILES string of the molecule is Cc1ccc[n+](Cc2ccc(Cl)c(Cl)c2)c1C. The van der Waals surface area contributed by atoms with Crippen LogP contribution in [0.1, 0.15) is 16.8 Å². The molecule has 0 atom stereocenters. The third kappa shape index (κ3) is 2.80. The number of rotatable bonds is 2. The molecule has 0 aliphatic carbocycles. The molecule has 0 radical (unpaired) electrons. The highest BCUT2D eigenvalue weighted by Crippen LogP contribution is 2.22. The lowest BCUT2D eigenvalue weighted by Gasteiger charge is -2.04. The molecule has 1 aromatic heterocycles. The fourth-order valence-electron chi connectivity index (χ4n) is 1.76. The first-order chi connectivity index (χ1) is 8.08. The van der Waals surface area contributed by atoms with E-state index in [1.807, 2.05) is 18.2 Å². The molecule has 2 rings (SSSR count). The van der Waals surface area contributed by atoms with E-state index in [1.54, 1.807) is 0 Å². The zero-order chi connectivity index (χ0) is 12.4. The molecule has 88 valence electrons. The van der Waals surface area contributed by atoms with Crippen molar-refractivity contribution < 1.29 is 4.57 Å². The van der Waals surface area contributed by atoms with E-state index >= 15 is 0 Å². The second kappa shape index (κ2) is 5.07. The average Bonchev–Trinajstić information content (AvgIpc) is 2.30. The van der Waals surface area contributed by atoms with Crippen LogP contribution in [0.3, 0.4) is 0 Å². The molecule has 0 aliphatic rings. The standard InChI is InChI=1S/C14H14Cl2N/c1-10-4-3-7-17(11(10)2)9-12-5-6-13(15)14(16)8-12/h3-8H,9H2,1-2H3/q+1. The molecule has 1 heterocycles. The summed E-state index contributed by atoms with van der Waals surface area (Å²) < 4.78 is 2.20. The molecular weight excluding hydrogens is 253 g/mol. The lowest BCUT2D eigenvalue weighted by atomic mass is 10.2. The third-order valence-electron chi connectivity index (χ3n) is 2.95.